The lowest BCUT2D eigenvalue weighted by Crippen LogP contribution is -2.45. The van der Waals surface area contributed by atoms with Crippen molar-refractivity contribution in [1.82, 2.24) is 9.53 Å². The molecular formula is C29H26F3N3O4S. The molecule has 4 heterocycles. The number of nitrogens with zero attached hydrogens (tertiary/aromatic N) is 3. The number of aromatic nitrogens is 2. The van der Waals surface area contributed by atoms with E-state index in [-0.39, 0.29) is 47.7 Å². The number of anilines is 1. The second kappa shape index (κ2) is 9.59. The van der Waals surface area contributed by atoms with Gasteiger partial charge in [-0.1, -0.05) is 23.4 Å². The zero-order valence-corrected chi connectivity index (χ0v) is 22.2. The van der Waals surface area contributed by atoms with E-state index in [4.69, 9.17) is 9.26 Å². The van der Waals surface area contributed by atoms with E-state index >= 15 is 0 Å². The van der Waals surface area contributed by atoms with Crippen LogP contribution >= 0.6 is 11.5 Å². The molecule has 7 rings (SSSR count). The Morgan fingerprint density at radius 1 is 1.10 bits per heavy atom. The van der Waals surface area contributed by atoms with E-state index in [2.05, 4.69) is 14.4 Å². The van der Waals surface area contributed by atoms with Crippen LogP contribution in [0.15, 0.2) is 47.0 Å². The van der Waals surface area contributed by atoms with Crippen LogP contribution in [0.1, 0.15) is 71.8 Å². The summed E-state index contributed by atoms with van der Waals surface area (Å²) in [7, 11) is 0. The standard InChI is InChI=1S/C29H26F3N3O4S/c30-29(31,32)23-4-2-1-3-20(23)25-22(27(39-33-25)15-5-6-15)14-38-19-11-16-7-8-17(12-19)35(16)18-9-10-21-24(13-18)40-34-26(21)28(36)37/h1-4,9-10,13,15-17,19H,5-8,11-12,14H2,(H,36,37)/t16-,17+,19?. The van der Waals surface area contributed by atoms with E-state index in [1.54, 1.807) is 6.07 Å². The second-order valence-corrected chi connectivity index (χ2v) is 11.7. The smallest absolute Gasteiger partial charge is 0.417 e. The van der Waals surface area contributed by atoms with E-state index in [0.717, 1.165) is 55.0 Å². The number of carboxylic acids is 1. The normalized spacial score (nSPS) is 22.8. The molecule has 0 amide bonds. The first-order valence-electron chi connectivity index (χ1n) is 13.5. The molecule has 4 aromatic rings. The molecule has 2 saturated heterocycles. The molecule has 1 aliphatic carbocycles. The predicted octanol–water partition coefficient (Wildman–Crippen LogP) is 7.26. The van der Waals surface area contributed by atoms with Crippen LogP contribution in [-0.4, -0.2) is 38.8 Å². The van der Waals surface area contributed by atoms with Crippen LogP contribution in [0.25, 0.3) is 21.3 Å². The summed E-state index contributed by atoms with van der Waals surface area (Å²) < 4.78 is 58.3. The molecule has 208 valence electrons. The lowest BCUT2D eigenvalue weighted by atomic mass is 9.97. The van der Waals surface area contributed by atoms with Crippen molar-refractivity contribution in [1.29, 1.82) is 0 Å². The van der Waals surface area contributed by atoms with Gasteiger partial charge < -0.3 is 19.3 Å². The largest absolute Gasteiger partial charge is 0.476 e. The van der Waals surface area contributed by atoms with Gasteiger partial charge in [-0.25, -0.2) is 4.79 Å². The molecule has 0 radical (unpaired) electrons. The van der Waals surface area contributed by atoms with Crippen molar-refractivity contribution >= 4 is 33.3 Å². The highest BCUT2D eigenvalue weighted by atomic mass is 32.1. The summed E-state index contributed by atoms with van der Waals surface area (Å²) in [6.45, 7) is 0.158. The fourth-order valence-corrected chi connectivity index (χ4v) is 7.21. The van der Waals surface area contributed by atoms with Crippen molar-refractivity contribution in [3.8, 4) is 11.3 Å². The van der Waals surface area contributed by atoms with Gasteiger partial charge in [0.25, 0.3) is 0 Å². The molecule has 40 heavy (non-hydrogen) atoms. The first-order chi connectivity index (χ1) is 19.3. The molecular weight excluding hydrogens is 543 g/mol. The number of carbonyl (C=O) groups is 1. The number of hydrogen-bond acceptors (Lipinski definition) is 7. The van der Waals surface area contributed by atoms with Crippen LogP contribution in [0.4, 0.5) is 18.9 Å². The van der Waals surface area contributed by atoms with Crippen LogP contribution in [0.2, 0.25) is 0 Å². The molecule has 2 aliphatic heterocycles. The molecule has 3 aliphatic rings. The number of alkyl halides is 3. The monoisotopic (exact) mass is 569 g/mol. The molecule has 2 aromatic carbocycles. The minimum Gasteiger partial charge on any atom is -0.476 e. The second-order valence-electron chi connectivity index (χ2n) is 10.9. The third kappa shape index (κ3) is 4.45. The lowest BCUT2D eigenvalue weighted by Gasteiger charge is -2.40. The zero-order chi connectivity index (χ0) is 27.6. The molecule has 3 fully saturated rings. The van der Waals surface area contributed by atoms with Crippen molar-refractivity contribution in [3.05, 3.63) is 65.0 Å². The number of carboxylic acid groups (broad SMARTS) is 1. The Hall–Kier alpha value is -3.44. The van der Waals surface area contributed by atoms with Gasteiger partial charge in [-0.05, 0) is 74.3 Å². The maximum atomic E-state index is 13.8. The van der Waals surface area contributed by atoms with Gasteiger partial charge in [0, 0.05) is 40.2 Å². The third-order valence-corrected chi connectivity index (χ3v) is 9.17. The van der Waals surface area contributed by atoms with E-state index in [9.17, 15) is 23.1 Å². The van der Waals surface area contributed by atoms with Crippen molar-refractivity contribution in [2.45, 2.75) is 75.4 Å². The van der Waals surface area contributed by atoms with Crippen molar-refractivity contribution in [2.24, 2.45) is 0 Å². The van der Waals surface area contributed by atoms with Crippen LogP contribution in [0.5, 0.6) is 0 Å². The number of ether oxygens (including phenoxy) is 1. The van der Waals surface area contributed by atoms with Gasteiger partial charge >= 0.3 is 12.1 Å². The van der Waals surface area contributed by atoms with Gasteiger partial charge in [-0.15, -0.1) is 0 Å². The molecule has 2 aromatic heterocycles. The van der Waals surface area contributed by atoms with Crippen molar-refractivity contribution < 1.29 is 32.3 Å². The summed E-state index contributed by atoms with van der Waals surface area (Å²) in [5.41, 5.74) is 1.27. The highest BCUT2D eigenvalue weighted by Gasteiger charge is 2.42. The highest BCUT2D eigenvalue weighted by Crippen LogP contribution is 2.47. The van der Waals surface area contributed by atoms with Crippen LogP contribution < -0.4 is 4.90 Å². The fraction of sp³-hybridized carbons (Fsp3) is 0.414. The van der Waals surface area contributed by atoms with E-state index in [1.165, 1.54) is 23.7 Å². The van der Waals surface area contributed by atoms with Gasteiger partial charge in [0.1, 0.15) is 11.5 Å². The summed E-state index contributed by atoms with van der Waals surface area (Å²) in [6, 6.07) is 11.8. The summed E-state index contributed by atoms with van der Waals surface area (Å²) in [6.07, 6.45) is 0.981. The molecule has 7 nitrogen and oxygen atoms in total. The molecule has 1 N–H and O–H groups in total. The van der Waals surface area contributed by atoms with Crippen molar-refractivity contribution in [3.63, 3.8) is 0 Å². The Balaban J connectivity index is 1.10. The predicted molar refractivity (Wildman–Crippen MR) is 143 cm³/mol. The molecule has 11 heteroatoms. The maximum Gasteiger partial charge on any atom is 0.417 e. The van der Waals surface area contributed by atoms with E-state index in [0.29, 0.717) is 16.7 Å². The summed E-state index contributed by atoms with van der Waals surface area (Å²) in [5, 5.41) is 14.1. The highest BCUT2D eigenvalue weighted by molar-refractivity contribution is 7.13. The van der Waals surface area contributed by atoms with E-state index in [1.807, 2.05) is 18.2 Å². The maximum absolute atomic E-state index is 13.8. The topological polar surface area (TPSA) is 88.7 Å². The SMILES string of the molecule is O=C(O)c1nsc2cc(N3[C@@H]4CC[C@H]3CC(OCc3c(-c5ccccc5C(F)(F)F)noc3C3CC3)C4)ccc12. The number of rotatable bonds is 7. The van der Waals surface area contributed by atoms with E-state index < -0.39 is 17.7 Å². The minimum absolute atomic E-state index is 0.0173. The third-order valence-electron chi connectivity index (χ3n) is 8.36. The Kier molecular flexibility index (Phi) is 6.12. The van der Waals surface area contributed by atoms with Gasteiger partial charge in [0.15, 0.2) is 5.69 Å². The number of halogens is 3. The average molecular weight is 570 g/mol. The zero-order valence-electron chi connectivity index (χ0n) is 21.4. The molecule has 3 atom stereocenters. The van der Waals surface area contributed by atoms with Crippen LogP contribution in [0, 0.1) is 0 Å². The van der Waals surface area contributed by atoms with Crippen molar-refractivity contribution in [2.75, 3.05) is 4.90 Å². The summed E-state index contributed by atoms with van der Waals surface area (Å²) in [5.74, 6) is -0.204. The van der Waals surface area contributed by atoms with Gasteiger partial charge in [0.2, 0.25) is 0 Å². The average Bonchev–Trinajstić information content (AvgIpc) is 3.44. The van der Waals surface area contributed by atoms with Gasteiger partial charge in [-0.2, -0.15) is 17.5 Å². The Morgan fingerprint density at radius 3 is 2.55 bits per heavy atom. The number of piperidine rings is 1. The summed E-state index contributed by atoms with van der Waals surface area (Å²) in [4.78, 5) is 13.9. The summed E-state index contributed by atoms with van der Waals surface area (Å²) >= 11 is 1.19. The molecule has 0 spiro atoms. The Bertz CT molecular complexity index is 1580. The number of hydrogen-bond donors (Lipinski definition) is 1. The van der Waals surface area contributed by atoms with Crippen LogP contribution in [0.3, 0.4) is 0 Å². The molecule has 1 unspecified atom stereocenters. The number of aromatic carboxylic acids is 1. The van der Waals surface area contributed by atoms with Crippen LogP contribution in [-0.2, 0) is 17.5 Å². The molecule has 2 bridgehead atoms. The first kappa shape index (κ1) is 25.5. The van der Waals surface area contributed by atoms with Gasteiger partial charge in [0.05, 0.1) is 23.0 Å². The first-order valence-corrected chi connectivity index (χ1v) is 14.2. The molecule has 1 saturated carbocycles. The Morgan fingerprint density at radius 2 is 1.85 bits per heavy atom. The van der Waals surface area contributed by atoms with Gasteiger partial charge in [-0.3, -0.25) is 0 Å². The fourth-order valence-electron chi connectivity index (χ4n) is 6.40. The Labute approximate surface area is 231 Å². The number of fused-ring (bicyclic) bond motifs is 3. The minimum atomic E-state index is -4.50. The lowest BCUT2D eigenvalue weighted by molar-refractivity contribution is -0.137. The quantitative estimate of drug-likeness (QED) is 0.251. The number of benzene rings is 2.